The van der Waals surface area contributed by atoms with Crippen LogP contribution in [0.15, 0.2) is 23.8 Å². The summed E-state index contributed by atoms with van der Waals surface area (Å²) >= 11 is 0. The summed E-state index contributed by atoms with van der Waals surface area (Å²) in [7, 11) is -22.9. The molecular weight excluding hydrogens is 824 g/mol. The zero-order valence-corrected chi connectivity index (χ0v) is 29.9. The summed E-state index contributed by atoms with van der Waals surface area (Å²) in [6.07, 6.45) is -11.1. The average Bonchev–Trinajstić information content (AvgIpc) is 3.79. The molecule has 2 aliphatic rings. The van der Waals surface area contributed by atoms with Crippen LogP contribution < -0.4 is 17.0 Å². The highest BCUT2D eigenvalue weighted by atomic mass is 31.3. The molecular formula is C20H28N10O20P4. The molecule has 3 unspecified atom stereocenters. The number of aliphatic hydroxyl groups is 3. The number of hydrogen-bond acceptors (Lipinski definition) is 22. The van der Waals surface area contributed by atoms with E-state index in [0.29, 0.717) is 0 Å². The monoisotopic (exact) mass is 852 g/mol. The normalized spacial score (nSPS) is 29.7. The minimum Gasteiger partial charge on any atom is -0.387 e. The number of aromatic nitrogens is 8. The van der Waals surface area contributed by atoms with Gasteiger partial charge >= 0.3 is 31.3 Å². The summed E-state index contributed by atoms with van der Waals surface area (Å²) < 4.78 is 83.8. The second-order valence-corrected chi connectivity index (χ2v) is 17.0. The minimum atomic E-state index is -5.95. The van der Waals surface area contributed by atoms with Crippen LogP contribution in [0.5, 0.6) is 0 Å². The molecule has 0 amide bonds. The van der Waals surface area contributed by atoms with Gasteiger partial charge in [0.2, 0.25) is 5.95 Å². The third-order valence-electron chi connectivity index (χ3n) is 7.51. The van der Waals surface area contributed by atoms with Gasteiger partial charge in [0.25, 0.3) is 5.56 Å². The maximum absolute atomic E-state index is 13.2. The molecule has 6 heterocycles. The van der Waals surface area contributed by atoms with E-state index in [0.717, 1.165) is 28.1 Å². The number of nitrogens with zero attached hydrogens (tertiary/aromatic N) is 7. The van der Waals surface area contributed by atoms with Crippen LogP contribution in [0.2, 0.25) is 0 Å². The van der Waals surface area contributed by atoms with Crippen LogP contribution >= 0.6 is 31.3 Å². The van der Waals surface area contributed by atoms with Crippen molar-refractivity contribution in [1.29, 1.82) is 0 Å². The van der Waals surface area contributed by atoms with Crippen LogP contribution in [0.25, 0.3) is 22.3 Å². The maximum Gasteiger partial charge on any atom is 0.490 e. The smallest absolute Gasteiger partial charge is 0.387 e. The molecule has 0 aliphatic carbocycles. The van der Waals surface area contributed by atoms with Gasteiger partial charge in [-0.05, 0) is 0 Å². The number of aromatic amines is 1. The highest BCUT2D eigenvalue weighted by molar-refractivity contribution is 7.66. The molecule has 0 bridgehead atoms. The number of ether oxygens (including phenoxy) is 2. The van der Waals surface area contributed by atoms with E-state index in [2.05, 4.69) is 43.0 Å². The Morgan fingerprint density at radius 2 is 1.33 bits per heavy atom. The number of fused-ring (bicyclic) bond motifs is 2. The summed E-state index contributed by atoms with van der Waals surface area (Å²) in [4.78, 5) is 81.5. The number of nitrogens with one attached hydrogen (secondary N) is 1. The number of nitrogen functional groups attached to an aromatic ring is 2. The molecule has 2 aliphatic heterocycles. The van der Waals surface area contributed by atoms with Crippen molar-refractivity contribution < 1.29 is 89.7 Å². The van der Waals surface area contributed by atoms with E-state index in [1.165, 1.54) is 0 Å². The lowest BCUT2D eigenvalue weighted by molar-refractivity contribution is -0.0581. The topological polar surface area (TPSA) is 454 Å². The van der Waals surface area contributed by atoms with E-state index in [-0.39, 0.29) is 34.1 Å². The Kier molecular flexibility index (Phi) is 11.0. The van der Waals surface area contributed by atoms with E-state index in [9.17, 15) is 53.1 Å². The van der Waals surface area contributed by atoms with E-state index in [4.69, 9.17) is 39.8 Å². The zero-order valence-electron chi connectivity index (χ0n) is 26.3. The largest absolute Gasteiger partial charge is 0.490 e. The molecule has 0 aromatic carbocycles. The van der Waals surface area contributed by atoms with E-state index < -0.39 is 99.1 Å². The number of aliphatic hydroxyl groups excluding tert-OH is 3. The van der Waals surface area contributed by atoms with Crippen LogP contribution in [0.3, 0.4) is 0 Å². The Balaban J connectivity index is 1.19. The van der Waals surface area contributed by atoms with Crippen molar-refractivity contribution in [3.05, 3.63) is 29.3 Å². The highest BCUT2D eigenvalue weighted by Crippen LogP contribution is 2.66. The van der Waals surface area contributed by atoms with E-state index in [1.54, 1.807) is 0 Å². The van der Waals surface area contributed by atoms with Gasteiger partial charge in [-0.25, -0.2) is 38.2 Å². The van der Waals surface area contributed by atoms with Gasteiger partial charge in [0.05, 0.1) is 25.9 Å². The van der Waals surface area contributed by atoms with Gasteiger partial charge in [0, 0.05) is 0 Å². The number of nitrogens with two attached hydrogens (primary N) is 2. The van der Waals surface area contributed by atoms with E-state index in [1.807, 2.05) is 0 Å². The van der Waals surface area contributed by atoms with Crippen molar-refractivity contribution in [2.45, 2.75) is 49.1 Å². The molecule has 0 spiro atoms. The number of anilines is 2. The molecule has 4 aromatic heterocycles. The average molecular weight is 852 g/mol. The third-order valence-corrected chi connectivity index (χ3v) is 12.3. The standard InChI is InChI=1S/C20H28N10O20P4/c21-14-8-15(24-3-23-14)29(4-25-8)19-12(33)13(7(47-19)2-45-53(40,41)50-54(42,43)49-51(35,36)37)48-52(38,39)44-1-6-10(31)11(32)18(46-6)30-5-26-9-16(30)27-20(22)28-17(9)34/h3-7,10-13,18-19,31-33H,1-2H2,(H,38,39)(H,40,41)(H,42,43)(H2,21,23,24)(H2,35,36,37)(H3,22,27,28,34)/t6-,7-,10-,11-,12-,13-,18-,19-/m1/s1. The number of hydrogen-bond donors (Lipinski definition) is 11. The first-order valence-electron chi connectivity index (χ1n) is 14.5. The molecule has 13 N–H and O–H groups in total. The summed E-state index contributed by atoms with van der Waals surface area (Å²) in [5.74, 6) is -0.407. The van der Waals surface area contributed by atoms with Crippen molar-refractivity contribution in [3.8, 4) is 0 Å². The molecule has 6 rings (SSSR count). The fourth-order valence-electron chi connectivity index (χ4n) is 5.32. The molecule has 0 radical (unpaired) electrons. The second-order valence-electron chi connectivity index (χ2n) is 11.2. The van der Waals surface area contributed by atoms with Crippen molar-refractivity contribution >= 4 is 65.4 Å². The molecule has 298 valence electrons. The lowest BCUT2D eigenvalue weighted by atomic mass is 10.1. The molecule has 30 nitrogen and oxygen atoms in total. The molecule has 2 fully saturated rings. The number of imidazole rings is 2. The first-order valence-corrected chi connectivity index (χ1v) is 20.5. The van der Waals surface area contributed by atoms with Crippen LogP contribution in [0.4, 0.5) is 11.8 Å². The van der Waals surface area contributed by atoms with Crippen molar-refractivity contribution in [2.75, 3.05) is 24.7 Å². The Hall–Kier alpha value is -3.18. The van der Waals surface area contributed by atoms with Crippen molar-refractivity contribution in [3.63, 3.8) is 0 Å². The quantitative estimate of drug-likeness (QED) is 0.0558. The van der Waals surface area contributed by atoms with Gasteiger partial charge in [0.1, 0.15) is 48.5 Å². The first-order chi connectivity index (χ1) is 25.0. The SMILES string of the molecule is Nc1nc2c(ncn2[C@@H]2O[C@H](COP(=O)(O)O[C@H]3[C@@H](O)[C@H](n4cnc5c(N)ncnc54)O[C@@H]3COP(=O)(O)OP(=O)(O)OP(=O)(O)O)[C@@H](O)[C@H]2O)c(=O)[nH]1. The van der Waals surface area contributed by atoms with Gasteiger partial charge < -0.3 is 60.7 Å². The Morgan fingerprint density at radius 1 is 0.741 bits per heavy atom. The summed E-state index contributed by atoms with van der Waals surface area (Å²) in [6, 6.07) is 0. The van der Waals surface area contributed by atoms with Gasteiger partial charge in [-0.15, -0.1) is 0 Å². The summed E-state index contributed by atoms with van der Waals surface area (Å²) in [6.45, 7) is -2.25. The molecule has 54 heavy (non-hydrogen) atoms. The number of phosphoric ester groups is 2. The third kappa shape index (κ3) is 8.62. The predicted molar refractivity (Wildman–Crippen MR) is 169 cm³/mol. The second kappa shape index (κ2) is 14.7. The lowest BCUT2D eigenvalue weighted by Gasteiger charge is -2.24. The maximum atomic E-state index is 13.2. The summed E-state index contributed by atoms with van der Waals surface area (Å²) in [5.41, 5.74) is 10.3. The Bertz CT molecular complexity index is 2300. The van der Waals surface area contributed by atoms with Gasteiger partial charge in [-0.1, -0.05) is 0 Å². The van der Waals surface area contributed by atoms with Crippen molar-refractivity contribution in [2.24, 2.45) is 0 Å². The van der Waals surface area contributed by atoms with Gasteiger partial charge in [-0.3, -0.25) is 32.5 Å². The fraction of sp³-hybridized carbons (Fsp3) is 0.500. The predicted octanol–water partition coefficient (Wildman–Crippen LogP) is -3.15. The Morgan fingerprint density at radius 3 is 2.02 bits per heavy atom. The lowest BCUT2D eigenvalue weighted by Crippen LogP contribution is -2.37. The van der Waals surface area contributed by atoms with Gasteiger partial charge in [-0.2, -0.15) is 13.6 Å². The minimum absolute atomic E-state index is 0.0176. The van der Waals surface area contributed by atoms with Crippen LogP contribution in [0.1, 0.15) is 12.5 Å². The molecule has 2 saturated heterocycles. The number of H-pyrrole nitrogens is 1. The van der Waals surface area contributed by atoms with Gasteiger partial charge in [0.15, 0.2) is 35.1 Å². The molecule has 11 atom stereocenters. The number of phosphoric acid groups is 4. The highest BCUT2D eigenvalue weighted by Gasteiger charge is 2.52. The number of rotatable bonds is 14. The molecule has 0 saturated carbocycles. The zero-order chi connectivity index (χ0) is 39.5. The van der Waals surface area contributed by atoms with E-state index >= 15 is 0 Å². The van der Waals surface area contributed by atoms with Crippen LogP contribution in [0, 0.1) is 0 Å². The molecule has 4 aromatic rings. The molecule has 34 heteroatoms. The Labute approximate surface area is 297 Å². The first kappa shape index (κ1) is 40.5. The summed E-state index contributed by atoms with van der Waals surface area (Å²) in [5, 5.41) is 32.6. The van der Waals surface area contributed by atoms with Crippen LogP contribution in [-0.4, -0.2) is 129 Å². The fourth-order valence-corrected chi connectivity index (χ4v) is 9.31. The van der Waals surface area contributed by atoms with Crippen molar-refractivity contribution in [1.82, 2.24) is 39.0 Å². The van der Waals surface area contributed by atoms with Crippen LogP contribution in [-0.2, 0) is 49.9 Å².